The second kappa shape index (κ2) is 3.09. The van der Waals surface area contributed by atoms with Crippen LogP contribution in [0.4, 0.5) is 0 Å². The Labute approximate surface area is 78.0 Å². The Kier molecular flexibility index (Phi) is 1.93. The van der Waals surface area contributed by atoms with Gasteiger partial charge in [-0.15, -0.1) is 0 Å². The van der Waals surface area contributed by atoms with Crippen LogP contribution in [0.15, 0.2) is 41.0 Å². The molecule has 0 spiro atoms. The first kappa shape index (κ1) is 8.11. The Balaban J connectivity index is 2.57. The minimum absolute atomic E-state index is 0.946. The molecule has 0 saturated heterocycles. The Bertz CT molecular complexity index is 399. The summed E-state index contributed by atoms with van der Waals surface area (Å²) in [4.78, 5) is 0. The van der Waals surface area contributed by atoms with Crippen LogP contribution in [0.25, 0.3) is 11.3 Å². The third-order valence-corrected chi connectivity index (χ3v) is 2.18. The molecule has 0 aliphatic rings. The molecule has 0 aliphatic heterocycles. The molecule has 1 nitrogen and oxygen atoms in total. The summed E-state index contributed by atoms with van der Waals surface area (Å²) < 4.78 is 5.36. The van der Waals surface area contributed by atoms with Crippen LogP contribution in [0.2, 0.25) is 0 Å². The van der Waals surface area contributed by atoms with Crippen molar-refractivity contribution in [2.45, 2.75) is 13.8 Å². The van der Waals surface area contributed by atoms with Gasteiger partial charge in [-0.1, -0.05) is 17.7 Å². The number of furan rings is 1. The second-order valence-electron chi connectivity index (χ2n) is 3.30. The lowest BCUT2D eigenvalue weighted by Crippen LogP contribution is -1.82. The highest BCUT2D eigenvalue weighted by Gasteiger charge is 2.03. The topological polar surface area (TPSA) is 13.1 Å². The Hall–Kier alpha value is -1.50. The molecule has 0 fully saturated rings. The van der Waals surface area contributed by atoms with Crippen molar-refractivity contribution >= 4 is 0 Å². The first-order valence-corrected chi connectivity index (χ1v) is 4.38. The fraction of sp³-hybridized carbons (Fsp3) is 0.167. The lowest BCUT2D eigenvalue weighted by molar-refractivity contribution is 0.582. The molecular weight excluding hydrogens is 160 g/mol. The summed E-state index contributed by atoms with van der Waals surface area (Å²) >= 11 is 0. The van der Waals surface area contributed by atoms with E-state index in [0.29, 0.717) is 0 Å². The summed E-state index contributed by atoms with van der Waals surface area (Å²) in [7, 11) is 0. The van der Waals surface area contributed by atoms with Gasteiger partial charge in [-0.05, 0) is 37.6 Å². The lowest BCUT2D eigenvalue weighted by atomic mass is 10.0. The molecule has 0 aliphatic carbocycles. The van der Waals surface area contributed by atoms with E-state index in [4.69, 9.17) is 4.42 Å². The van der Waals surface area contributed by atoms with E-state index < -0.39 is 0 Å². The molecule has 0 amide bonds. The highest BCUT2D eigenvalue weighted by atomic mass is 16.3. The fourth-order valence-corrected chi connectivity index (χ4v) is 1.43. The van der Waals surface area contributed by atoms with Gasteiger partial charge in [0.15, 0.2) is 0 Å². The van der Waals surface area contributed by atoms with Crippen LogP contribution < -0.4 is 0 Å². The van der Waals surface area contributed by atoms with Gasteiger partial charge in [0.2, 0.25) is 0 Å². The van der Waals surface area contributed by atoms with E-state index in [-0.39, 0.29) is 0 Å². The van der Waals surface area contributed by atoms with Crippen LogP contribution in [-0.2, 0) is 0 Å². The van der Waals surface area contributed by atoms with Crippen molar-refractivity contribution in [2.24, 2.45) is 0 Å². The number of benzene rings is 1. The zero-order valence-electron chi connectivity index (χ0n) is 7.87. The molecule has 0 radical (unpaired) electrons. The van der Waals surface area contributed by atoms with Crippen molar-refractivity contribution in [1.29, 1.82) is 0 Å². The third kappa shape index (κ3) is 1.50. The molecule has 2 aromatic rings. The maximum absolute atomic E-state index is 5.36. The van der Waals surface area contributed by atoms with Crippen LogP contribution in [0.1, 0.15) is 11.1 Å². The van der Waals surface area contributed by atoms with E-state index >= 15 is 0 Å². The van der Waals surface area contributed by atoms with Gasteiger partial charge in [-0.3, -0.25) is 0 Å². The molecule has 66 valence electrons. The summed E-state index contributed by atoms with van der Waals surface area (Å²) in [6.07, 6.45) is 1.71. The normalized spacial score (nSPS) is 10.3. The molecule has 0 atom stereocenters. The molecule has 1 aromatic carbocycles. The maximum atomic E-state index is 5.36. The van der Waals surface area contributed by atoms with Gasteiger partial charge in [0.1, 0.15) is 5.76 Å². The van der Waals surface area contributed by atoms with Crippen LogP contribution >= 0.6 is 0 Å². The van der Waals surface area contributed by atoms with E-state index in [1.54, 1.807) is 6.26 Å². The molecular formula is C12H12O. The van der Waals surface area contributed by atoms with Crippen molar-refractivity contribution < 1.29 is 4.42 Å². The highest BCUT2D eigenvalue weighted by Crippen LogP contribution is 2.24. The largest absolute Gasteiger partial charge is 0.464 e. The van der Waals surface area contributed by atoms with Crippen LogP contribution in [0, 0.1) is 13.8 Å². The lowest BCUT2D eigenvalue weighted by Gasteiger charge is -2.03. The zero-order valence-corrected chi connectivity index (χ0v) is 7.87. The predicted octanol–water partition coefficient (Wildman–Crippen LogP) is 3.56. The second-order valence-corrected chi connectivity index (χ2v) is 3.30. The minimum atomic E-state index is 0.946. The summed E-state index contributed by atoms with van der Waals surface area (Å²) in [5.41, 5.74) is 3.70. The molecule has 0 N–H and O–H groups in total. The predicted molar refractivity (Wildman–Crippen MR) is 53.6 cm³/mol. The quantitative estimate of drug-likeness (QED) is 0.641. The van der Waals surface area contributed by atoms with Gasteiger partial charge in [-0.25, -0.2) is 0 Å². The molecule has 13 heavy (non-hydrogen) atoms. The SMILES string of the molecule is Cc1ccc(C)c(-c2ccco2)c1. The maximum Gasteiger partial charge on any atom is 0.134 e. The van der Waals surface area contributed by atoms with Crippen molar-refractivity contribution in [3.05, 3.63) is 47.7 Å². The first-order chi connectivity index (χ1) is 6.27. The van der Waals surface area contributed by atoms with Crippen LogP contribution in [-0.4, -0.2) is 0 Å². The van der Waals surface area contributed by atoms with Gasteiger partial charge in [0.25, 0.3) is 0 Å². The van der Waals surface area contributed by atoms with Crippen molar-refractivity contribution in [1.82, 2.24) is 0 Å². The van der Waals surface area contributed by atoms with E-state index in [2.05, 4.69) is 32.0 Å². The van der Waals surface area contributed by atoms with E-state index in [1.165, 1.54) is 16.7 Å². The Morgan fingerprint density at radius 3 is 2.62 bits per heavy atom. The molecule has 1 aromatic heterocycles. The van der Waals surface area contributed by atoms with Gasteiger partial charge < -0.3 is 4.42 Å². The molecule has 0 saturated carbocycles. The number of rotatable bonds is 1. The Morgan fingerprint density at radius 1 is 1.08 bits per heavy atom. The van der Waals surface area contributed by atoms with Crippen molar-refractivity contribution in [3.8, 4) is 11.3 Å². The summed E-state index contributed by atoms with van der Waals surface area (Å²) in [5, 5.41) is 0. The number of hydrogen-bond acceptors (Lipinski definition) is 1. The smallest absolute Gasteiger partial charge is 0.134 e. The minimum Gasteiger partial charge on any atom is -0.464 e. The monoisotopic (exact) mass is 172 g/mol. The van der Waals surface area contributed by atoms with E-state index in [9.17, 15) is 0 Å². The number of aryl methyl sites for hydroxylation is 2. The summed E-state index contributed by atoms with van der Waals surface area (Å²) in [6.45, 7) is 4.18. The van der Waals surface area contributed by atoms with Gasteiger partial charge in [0, 0.05) is 5.56 Å². The molecule has 0 unspecified atom stereocenters. The first-order valence-electron chi connectivity index (χ1n) is 4.38. The Morgan fingerprint density at radius 2 is 1.92 bits per heavy atom. The standard InChI is InChI=1S/C12H12O/c1-9-5-6-10(2)11(8-9)12-4-3-7-13-12/h3-8H,1-2H3. The fourth-order valence-electron chi connectivity index (χ4n) is 1.43. The zero-order chi connectivity index (χ0) is 9.26. The van der Waals surface area contributed by atoms with Gasteiger partial charge in [0.05, 0.1) is 6.26 Å². The molecule has 1 heteroatoms. The van der Waals surface area contributed by atoms with Gasteiger partial charge in [-0.2, -0.15) is 0 Å². The summed E-state index contributed by atoms with van der Waals surface area (Å²) in [6, 6.07) is 10.3. The van der Waals surface area contributed by atoms with Crippen LogP contribution in [0.3, 0.4) is 0 Å². The molecule has 2 rings (SSSR count). The van der Waals surface area contributed by atoms with E-state index in [0.717, 1.165) is 5.76 Å². The third-order valence-electron chi connectivity index (χ3n) is 2.18. The highest BCUT2D eigenvalue weighted by molar-refractivity contribution is 5.62. The average molecular weight is 172 g/mol. The molecule has 0 bridgehead atoms. The number of hydrogen-bond donors (Lipinski definition) is 0. The van der Waals surface area contributed by atoms with Crippen molar-refractivity contribution in [3.63, 3.8) is 0 Å². The summed E-state index contributed by atoms with van der Waals surface area (Å²) in [5.74, 6) is 0.946. The van der Waals surface area contributed by atoms with Crippen LogP contribution in [0.5, 0.6) is 0 Å². The molecule has 1 heterocycles. The van der Waals surface area contributed by atoms with E-state index in [1.807, 2.05) is 12.1 Å². The average Bonchev–Trinajstić information content (AvgIpc) is 2.61. The van der Waals surface area contributed by atoms with Gasteiger partial charge >= 0.3 is 0 Å². The van der Waals surface area contributed by atoms with Crippen molar-refractivity contribution in [2.75, 3.05) is 0 Å².